The quantitative estimate of drug-likeness (QED) is 0.582. The molecule has 0 amide bonds. The van der Waals surface area contributed by atoms with Crippen molar-refractivity contribution < 1.29 is 8.78 Å². The number of rotatable bonds is 2. The average molecular weight is 354 g/mol. The Balaban J connectivity index is 2.33. The van der Waals surface area contributed by atoms with Crippen molar-refractivity contribution in [2.45, 2.75) is 12.1 Å². The van der Waals surface area contributed by atoms with E-state index in [2.05, 4.69) is 9.69 Å². The molecule has 8 heteroatoms. The van der Waals surface area contributed by atoms with Crippen molar-refractivity contribution in [2.24, 2.45) is 0 Å². The number of halogens is 2. The van der Waals surface area contributed by atoms with E-state index in [1.54, 1.807) is 12.1 Å². The van der Waals surface area contributed by atoms with E-state index >= 15 is 0 Å². The van der Waals surface area contributed by atoms with Crippen LogP contribution < -0.4 is 0 Å². The van der Waals surface area contributed by atoms with Gasteiger partial charge >= 0.3 is 6.17 Å². The first-order chi connectivity index (χ1) is 11.5. The Kier molecular flexibility index (Phi) is 3.87. The normalized spacial score (nSPS) is 10.7. The van der Waals surface area contributed by atoms with E-state index in [1.165, 1.54) is 12.1 Å². The zero-order valence-electron chi connectivity index (χ0n) is 11.7. The Labute approximate surface area is 143 Å². The van der Waals surface area contributed by atoms with Gasteiger partial charge in [0, 0.05) is 15.6 Å². The molecule has 0 spiro atoms. The maximum atomic E-state index is 14.7. The van der Waals surface area contributed by atoms with Crippen LogP contribution in [0.2, 0.25) is 0 Å². The predicted octanol–water partition coefficient (Wildman–Crippen LogP) is 5.36. The Morgan fingerprint density at radius 3 is 1.83 bits per heavy atom. The van der Waals surface area contributed by atoms with Crippen LogP contribution in [0.5, 0.6) is 0 Å². The van der Waals surface area contributed by atoms with Crippen molar-refractivity contribution in [1.82, 2.24) is 0 Å². The van der Waals surface area contributed by atoms with Gasteiger partial charge in [-0.1, -0.05) is 0 Å². The first kappa shape index (κ1) is 15.8. The molecule has 3 rings (SSSR count). The summed E-state index contributed by atoms with van der Waals surface area (Å²) in [7, 11) is 0. The van der Waals surface area contributed by atoms with Gasteiger partial charge < -0.3 is 0 Å². The predicted molar refractivity (Wildman–Crippen MR) is 87.0 cm³/mol. The summed E-state index contributed by atoms with van der Waals surface area (Å²) in [5, 5.41) is 17.9. The van der Waals surface area contributed by atoms with Crippen molar-refractivity contribution >= 4 is 42.8 Å². The van der Waals surface area contributed by atoms with Crippen LogP contribution in [0.1, 0.15) is 21.8 Å². The van der Waals surface area contributed by atoms with Gasteiger partial charge in [-0.3, -0.25) is 0 Å². The van der Waals surface area contributed by atoms with Crippen LogP contribution in [0.4, 0.5) is 8.78 Å². The number of thiophene rings is 2. The number of fused-ring (bicyclic) bond motifs is 2. The summed E-state index contributed by atoms with van der Waals surface area (Å²) < 4.78 is 29.5. The molecular weight excluding hydrogens is 350 g/mol. The molecule has 2 heterocycles. The molecule has 0 unspecified atom stereocenters. The third kappa shape index (κ3) is 2.18. The minimum atomic E-state index is -1.11. The summed E-state index contributed by atoms with van der Waals surface area (Å²) in [5.41, 5.74) is 0. The highest BCUT2D eigenvalue weighted by atomic mass is 32.1. The first-order valence-electron chi connectivity index (χ1n) is 6.41. The van der Waals surface area contributed by atoms with Gasteiger partial charge in [-0.05, 0) is 12.1 Å². The summed E-state index contributed by atoms with van der Waals surface area (Å²) in [6.45, 7) is 14.0. The standard InChI is InChI=1S/C16H4F2N4S2/c1-21-16(22-2)11-4-9-13(18)14-8(12(17)15(9)24-11)3-10(23-14)7(5-19)6-20/h3-4,7,16H. The van der Waals surface area contributed by atoms with Gasteiger partial charge in [-0.25, -0.2) is 31.6 Å². The van der Waals surface area contributed by atoms with E-state index in [1.807, 2.05) is 0 Å². The van der Waals surface area contributed by atoms with Gasteiger partial charge in [0.15, 0.2) is 10.8 Å². The molecule has 0 N–H and O–H groups in total. The third-order valence-electron chi connectivity index (χ3n) is 3.42. The van der Waals surface area contributed by atoms with Crippen molar-refractivity contribution in [3.05, 3.63) is 56.4 Å². The second-order valence-electron chi connectivity index (χ2n) is 4.73. The first-order valence-corrected chi connectivity index (χ1v) is 8.05. The molecule has 0 aliphatic rings. The molecule has 2 aromatic heterocycles. The molecule has 114 valence electrons. The van der Waals surface area contributed by atoms with Crippen LogP contribution >= 0.6 is 22.7 Å². The summed E-state index contributed by atoms with van der Waals surface area (Å²) in [4.78, 5) is 6.85. The molecule has 1 aromatic carbocycles. The molecule has 0 saturated heterocycles. The van der Waals surface area contributed by atoms with Gasteiger partial charge in [-0.15, -0.1) is 22.7 Å². The van der Waals surface area contributed by atoms with E-state index in [4.69, 9.17) is 23.7 Å². The fourth-order valence-corrected chi connectivity index (χ4v) is 4.47. The van der Waals surface area contributed by atoms with Crippen molar-refractivity contribution in [3.8, 4) is 12.1 Å². The second-order valence-corrected chi connectivity index (χ2v) is 6.90. The van der Waals surface area contributed by atoms with Crippen molar-refractivity contribution in [2.75, 3.05) is 0 Å². The smallest absolute Gasteiger partial charge is 0.228 e. The lowest BCUT2D eigenvalue weighted by molar-refractivity contribution is 0.638. The van der Waals surface area contributed by atoms with Crippen LogP contribution in [0.3, 0.4) is 0 Å². The minimum Gasteiger partial charge on any atom is -0.228 e. The zero-order chi connectivity index (χ0) is 17.4. The number of nitriles is 2. The highest BCUT2D eigenvalue weighted by molar-refractivity contribution is 7.20. The summed E-state index contributed by atoms with van der Waals surface area (Å²) >= 11 is 1.73. The monoisotopic (exact) mass is 354 g/mol. The van der Waals surface area contributed by atoms with E-state index < -0.39 is 23.7 Å². The summed E-state index contributed by atoms with van der Waals surface area (Å²) in [6, 6.07) is 6.20. The Morgan fingerprint density at radius 1 is 0.917 bits per heavy atom. The van der Waals surface area contributed by atoms with Gasteiger partial charge in [-0.2, -0.15) is 10.5 Å². The molecule has 0 aliphatic carbocycles. The molecule has 0 aliphatic heterocycles. The Hall–Kier alpha value is -3.04. The molecular formula is C16H4F2N4S2. The highest BCUT2D eigenvalue weighted by Crippen LogP contribution is 2.42. The van der Waals surface area contributed by atoms with Crippen LogP contribution in [0, 0.1) is 47.4 Å². The number of hydrogen-bond donors (Lipinski definition) is 0. The average Bonchev–Trinajstić information content (AvgIpc) is 3.21. The van der Waals surface area contributed by atoms with E-state index in [9.17, 15) is 8.78 Å². The lowest BCUT2D eigenvalue weighted by Gasteiger charge is -1.97. The molecule has 24 heavy (non-hydrogen) atoms. The van der Waals surface area contributed by atoms with Crippen LogP contribution in [0.15, 0.2) is 12.1 Å². The molecule has 3 aromatic rings. The number of nitrogens with zero attached hydrogens (tertiary/aromatic N) is 4. The number of hydrogen-bond acceptors (Lipinski definition) is 4. The molecule has 0 saturated carbocycles. The molecule has 4 nitrogen and oxygen atoms in total. The van der Waals surface area contributed by atoms with Gasteiger partial charge in [0.1, 0.15) is 11.6 Å². The molecule has 0 atom stereocenters. The zero-order valence-corrected chi connectivity index (χ0v) is 13.3. The maximum Gasteiger partial charge on any atom is 0.511 e. The van der Waals surface area contributed by atoms with Crippen molar-refractivity contribution in [3.63, 3.8) is 0 Å². The van der Waals surface area contributed by atoms with Crippen LogP contribution in [0.25, 0.3) is 29.9 Å². The van der Waals surface area contributed by atoms with Crippen LogP contribution in [-0.4, -0.2) is 0 Å². The van der Waals surface area contributed by atoms with Gasteiger partial charge in [0.25, 0.3) is 0 Å². The molecule has 0 fully saturated rings. The topological polar surface area (TPSA) is 56.3 Å². The minimum absolute atomic E-state index is 0.00562. The summed E-state index contributed by atoms with van der Waals surface area (Å²) in [5.74, 6) is -2.41. The Bertz CT molecular complexity index is 975. The van der Waals surface area contributed by atoms with E-state index in [0.717, 1.165) is 22.7 Å². The number of benzene rings is 1. The maximum absolute atomic E-state index is 14.7. The highest BCUT2D eigenvalue weighted by Gasteiger charge is 2.27. The Morgan fingerprint density at radius 2 is 1.38 bits per heavy atom. The summed E-state index contributed by atoms with van der Waals surface area (Å²) in [6.07, 6.45) is -1.11. The van der Waals surface area contributed by atoms with Crippen LogP contribution in [-0.2, 0) is 0 Å². The van der Waals surface area contributed by atoms with E-state index in [-0.39, 0.29) is 29.9 Å². The lowest BCUT2D eigenvalue weighted by atomic mass is 10.1. The fourth-order valence-electron chi connectivity index (χ4n) is 2.30. The van der Waals surface area contributed by atoms with Crippen molar-refractivity contribution in [1.29, 1.82) is 10.5 Å². The lowest BCUT2D eigenvalue weighted by Crippen LogP contribution is -1.85. The van der Waals surface area contributed by atoms with E-state index in [0.29, 0.717) is 0 Å². The fraction of sp³-hybridized carbons (Fsp3) is 0.125. The third-order valence-corrected chi connectivity index (χ3v) is 5.78. The SMILES string of the molecule is [C-]#[N+]C([N+]#[C-])c1cc2c(F)c3sc(C(C#N)C#N)cc3c(F)c2s1. The van der Waals surface area contributed by atoms with Gasteiger partial charge in [0.05, 0.1) is 21.5 Å². The second kappa shape index (κ2) is 5.87. The molecule has 0 bridgehead atoms. The molecule has 0 radical (unpaired) electrons. The van der Waals surface area contributed by atoms with Gasteiger partial charge in [0.2, 0.25) is 0 Å². The largest absolute Gasteiger partial charge is 0.511 e.